The zero-order chi connectivity index (χ0) is 25.3. The number of phenols is 1. The van der Waals surface area contributed by atoms with Gasteiger partial charge in [0.05, 0.1) is 16.1 Å². The van der Waals surface area contributed by atoms with Gasteiger partial charge in [0, 0.05) is 11.1 Å². The molecule has 0 bridgehead atoms. The Morgan fingerprint density at radius 1 is 0.944 bits per heavy atom. The van der Waals surface area contributed by atoms with Crippen molar-refractivity contribution in [1.29, 1.82) is 0 Å². The maximum absolute atomic E-state index is 13.1. The third-order valence-electron chi connectivity index (χ3n) is 5.36. The number of azo groups is 1. The van der Waals surface area contributed by atoms with Gasteiger partial charge in [-0.2, -0.15) is 13.5 Å². The summed E-state index contributed by atoms with van der Waals surface area (Å²) in [6.07, 6.45) is 0. The van der Waals surface area contributed by atoms with Crippen LogP contribution in [0.3, 0.4) is 0 Å². The Bertz CT molecular complexity index is 1620. The number of amides is 1. The number of fused-ring (bicyclic) bond motifs is 1. The van der Waals surface area contributed by atoms with Gasteiger partial charge in [-0.3, -0.25) is 9.35 Å². The van der Waals surface area contributed by atoms with E-state index in [-0.39, 0.29) is 52.2 Å². The summed E-state index contributed by atoms with van der Waals surface area (Å²) in [5, 5.41) is 34.3. The molecule has 11 heteroatoms. The van der Waals surface area contributed by atoms with Crippen molar-refractivity contribution in [1.82, 2.24) is 0 Å². The summed E-state index contributed by atoms with van der Waals surface area (Å²) >= 11 is 0. The molecule has 0 aliphatic rings. The van der Waals surface area contributed by atoms with Gasteiger partial charge in [-0.15, -0.1) is 5.11 Å². The molecule has 4 aromatic rings. The molecule has 4 aromatic carbocycles. The first-order valence-corrected chi connectivity index (χ1v) is 11.8. The zero-order valence-electron chi connectivity index (χ0n) is 19.7. The molecule has 0 unspecified atom stereocenters. The number of carbonyl (C=O) groups excluding carboxylic acids is 1. The zero-order valence-corrected chi connectivity index (χ0v) is 22.5. The number of phenolic OH excluding ortho intramolecular Hbond substituents is 1. The summed E-state index contributed by atoms with van der Waals surface area (Å²) in [5.41, 5.74) is 2.42. The summed E-state index contributed by atoms with van der Waals surface area (Å²) in [5.74, 6) is -1.43. The first-order chi connectivity index (χ1) is 16.5. The van der Waals surface area contributed by atoms with E-state index in [1.807, 2.05) is 26.0 Å². The average molecular weight is 514 g/mol. The molecule has 4 rings (SSSR count). The number of nitrogens with zero attached hydrogens (tertiary/aromatic N) is 2. The maximum Gasteiger partial charge on any atom is 1.00 e. The van der Waals surface area contributed by atoms with Crippen molar-refractivity contribution in [3.05, 3.63) is 83.4 Å². The first-order valence-electron chi connectivity index (χ1n) is 10.4. The van der Waals surface area contributed by atoms with Crippen molar-refractivity contribution in [3.63, 3.8) is 0 Å². The molecule has 0 heterocycles. The molecule has 0 saturated carbocycles. The van der Waals surface area contributed by atoms with Gasteiger partial charge in [-0.1, -0.05) is 53.8 Å². The summed E-state index contributed by atoms with van der Waals surface area (Å²) in [4.78, 5) is 12.6. The van der Waals surface area contributed by atoms with Gasteiger partial charge < -0.3 is 15.5 Å². The summed E-state index contributed by atoms with van der Waals surface area (Å²) in [6.45, 7) is 3.83. The van der Waals surface area contributed by atoms with Crippen molar-refractivity contribution in [2.24, 2.45) is 10.2 Å². The molecule has 0 aliphatic carbocycles. The minimum atomic E-state index is -4.55. The molecule has 36 heavy (non-hydrogen) atoms. The molecule has 0 aromatic heterocycles. The van der Waals surface area contributed by atoms with Crippen LogP contribution < -0.4 is 40.0 Å². The Kier molecular flexibility index (Phi) is 8.17. The van der Waals surface area contributed by atoms with Crippen LogP contribution in [0.1, 0.15) is 21.5 Å². The summed E-state index contributed by atoms with van der Waals surface area (Å²) in [6, 6.07) is 16.4. The minimum absolute atomic E-state index is 0. The van der Waals surface area contributed by atoms with Crippen LogP contribution in [0.15, 0.2) is 81.9 Å². The van der Waals surface area contributed by atoms with E-state index < -0.39 is 26.7 Å². The van der Waals surface area contributed by atoms with E-state index in [0.29, 0.717) is 16.5 Å². The number of benzene rings is 4. The number of anilines is 1. The van der Waals surface area contributed by atoms with Crippen LogP contribution in [0.25, 0.3) is 10.8 Å². The average Bonchev–Trinajstić information content (AvgIpc) is 2.80. The molecule has 1 amide bonds. The Balaban J connectivity index is 0.00000361. The Morgan fingerprint density at radius 3 is 2.31 bits per heavy atom. The quantitative estimate of drug-likeness (QED) is 0.211. The Labute approximate surface area is 229 Å². The number of hydrogen-bond donors (Lipinski definition) is 3. The monoisotopic (exact) mass is 513 g/mol. The SMILES string of the molecule is Cc1ccc(NC(=O)c2cc(O)c(N=Nc3cc(S(=O)(=O)O)ccc3[O-])c3ccccc23)c(C)c1.[Na+]. The number of aryl methyl sites for hydroxylation is 2. The number of rotatable bonds is 5. The molecule has 178 valence electrons. The second kappa shape index (κ2) is 10.8. The van der Waals surface area contributed by atoms with Gasteiger partial charge in [0.25, 0.3) is 16.0 Å². The van der Waals surface area contributed by atoms with Gasteiger partial charge in [0.1, 0.15) is 11.4 Å². The van der Waals surface area contributed by atoms with E-state index >= 15 is 0 Å². The largest absolute Gasteiger partial charge is 1.00 e. The normalized spacial score (nSPS) is 11.4. The molecular formula is C25H20N3NaO6S. The van der Waals surface area contributed by atoms with Crippen molar-refractivity contribution in [2.75, 3.05) is 5.32 Å². The molecule has 3 N–H and O–H groups in total. The number of nitrogens with one attached hydrogen (secondary N) is 1. The van der Waals surface area contributed by atoms with Gasteiger partial charge in [0.2, 0.25) is 0 Å². The van der Waals surface area contributed by atoms with Crippen LogP contribution in [0.5, 0.6) is 11.5 Å². The van der Waals surface area contributed by atoms with E-state index in [1.165, 1.54) is 6.07 Å². The third-order valence-corrected chi connectivity index (χ3v) is 6.21. The van der Waals surface area contributed by atoms with E-state index in [0.717, 1.165) is 29.3 Å². The van der Waals surface area contributed by atoms with Crippen LogP contribution in [-0.2, 0) is 10.1 Å². The van der Waals surface area contributed by atoms with Crippen molar-refractivity contribution in [3.8, 4) is 11.5 Å². The number of aromatic hydroxyl groups is 1. The van der Waals surface area contributed by atoms with E-state index in [4.69, 9.17) is 0 Å². The van der Waals surface area contributed by atoms with E-state index in [9.17, 15) is 28.0 Å². The molecule has 0 fully saturated rings. The Morgan fingerprint density at radius 2 is 1.64 bits per heavy atom. The van der Waals surface area contributed by atoms with E-state index in [2.05, 4.69) is 15.5 Å². The van der Waals surface area contributed by atoms with Crippen LogP contribution in [0, 0.1) is 13.8 Å². The fraction of sp³-hybridized carbons (Fsp3) is 0.0800. The predicted octanol–water partition coefficient (Wildman–Crippen LogP) is 2.15. The number of hydrogen-bond acceptors (Lipinski definition) is 7. The van der Waals surface area contributed by atoms with Crippen molar-refractivity contribution >= 4 is 43.9 Å². The molecule has 0 spiro atoms. The van der Waals surface area contributed by atoms with Crippen molar-refractivity contribution in [2.45, 2.75) is 18.7 Å². The van der Waals surface area contributed by atoms with E-state index in [1.54, 1.807) is 30.3 Å². The molecule has 0 radical (unpaired) electrons. The second-order valence-electron chi connectivity index (χ2n) is 7.91. The van der Waals surface area contributed by atoms with Crippen LogP contribution in [0.2, 0.25) is 0 Å². The topological polar surface area (TPSA) is 151 Å². The number of carbonyl (C=O) groups is 1. The third kappa shape index (κ3) is 5.75. The summed E-state index contributed by atoms with van der Waals surface area (Å²) in [7, 11) is -4.55. The first kappa shape index (κ1) is 27.3. The molecule has 0 saturated heterocycles. The van der Waals surface area contributed by atoms with Gasteiger partial charge in [-0.05, 0) is 49.1 Å². The van der Waals surface area contributed by atoms with Crippen LogP contribution in [-0.4, -0.2) is 24.0 Å². The maximum atomic E-state index is 13.1. The van der Waals surface area contributed by atoms with Crippen LogP contribution in [0.4, 0.5) is 17.1 Å². The standard InChI is InChI=1S/C25H21N3O6S.Na/c1-14-7-9-20(15(2)11-14)26-25(31)19-13-23(30)24(18-6-4-3-5-17(18)19)28-27-21-12-16(35(32,33)34)8-10-22(21)29;/h3-13,29-30H,1-2H3,(H,26,31)(H,32,33,34);/q;+1/p-1. The molecule has 0 aliphatic heterocycles. The predicted molar refractivity (Wildman–Crippen MR) is 129 cm³/mol. The fourth-order valence-corrected chi connectivity index (χ4v) is 4.12. The smallest absolute Gasteiger partial charge is 0.871 e. The molecule has 9 nitrogen and oxygen atoms in total. The van der Waals surface area contributed by atoms with Gasteiger partial charge in [-0.25, -0.2) is 0 Å². The minimum Gasteiger partial charge on any atom is -0.871 e. The molecule has 0 atom stereocenters. The molecular weight excluding hydrogens is 493 g/mol. The van der Waals surface area contributed by atoms with Crippen molar-refractivity contribution < 1.29 is 57.5 Å². The van der Waals surface area contributed by atoms with Crippen LogP contribution >= 0.6 is 0 Å². The second-order valence-corrected chi connectivity index (χ2v) is 9.34. The fourth-order valence-electron chi connectivity index (χ4n) is 3.62. The Hall–Kier alpha value is -3.28. The van der Waals surface area contributed by atoms with Gasteiger partial charge >= 0.3 is 29.6 Å². The summed E-state index contributed by atoms with van der Waals surface area (Å²) < 4.78 is 32.0. The van der Waals surface area contributed by atoms with Gasteiger partial charge in [0.15, 0.2) is 0 Å².